The summed E-state index contributed by atoms with van der Waals surface area (Å²) >= 11 is 0. The number of hydrogen-bond acceptors (Lipinski definition) is 4. The molecule has 4 aliphatic heterocycles. The van der Waals surface area contributed by atoms with Gasteiger partial charge in [-0.15, -0.1) is 0 Å². The van der Waals surface area contributed by atoms with Crippen molar-refractivity contribution in [2.75, 3.05) is 39.5 Å². The van der Waals surface area contributed by atoms with E-state index in [0.717, 1.165) is 44.2 Å². The number of ether oxygens (including phenoxy) is 2. The van der Waals surface area contributed by atoms with Gasteiger partial charge in [-0.05, 0) is 64.1 Å². The first kappa shape index (κ1) is 14.4. The Kier molecular flexibility index (Phi) is 4.23. The second-order valence-corrected chi connectivity index (χ2v) is 7.52. The molecule has 4 nitrogen and oxygen atoms in total. The van der Waals surface area contributed by atoms with Crippen LogP contribution in [0, 0.1) is 5.92 Å². The minimum atomic E-state index is 0.0597. The third-order valence-corrected chi connectivity index (χ3v) is 6.27. The summed E-state index contributed by atoms with van der Waals surface area (Å²) in [7, 11) is 0. The molecule has 0 aromatic carbocycles. The van der Waals surface area contributed by atoms with E-state index in [1.165, 1.54) is 58.2 Å². The predicted octanol–water partition coefficient (Wildman–Crippen LogP) is 1.79. The monoisotopic (exact) mass is 294 g/mol. The van der Waals surface area contributed by atoms with Gasteiger partial charge in [0, 0.05) is 31.7 Å². The number of hydrogen-bond donors (Lipinski definition) is 1. The molecule has 1 N–H and O–H groups in total. The van der Waals surface area contributed by atoms with Gasteiger partial charge in [-0.3, -0.25) is 4.90 Å². The molecule has 4 fully saturated rings. The fourth-order valence-corrected chi connectivity index (χ4v) is 5.15. The van der Waals surface area contributed by atoms with Crippen LogP contribution in [0.3, 0.4) is 0 Å². The summed E-state index contributed by atoms with van der Waals surface area (Å²) in [5.41, 5.74) is 0.0597. The van der Waals surface area contributed by atoms with Gasteiger partial charge in [0.15, 0.2) is 0 Å². The average molecular weight is 294 g/mol. The van der Waals surface area contributed by atoms with Gasteiger partial charge in [-0.1, -0.05) is 0 Å². The van der Waals surface area contributed by atoms with Crippen molar-refractivity contribution in [3.8, 4) is 0 Å². The van der Waals surface area contributed by atoms with Crippen molar-refractivity contribution in [1.82, 2.24) is 10.2 Å². The van der Waals surface area contributed by atoms with Gasteiger partial charge in [-0.2, -0.15) is 0 Å². The van der Waals surface area contributed by atoms with Crippen molar-refractivity contribution >= 4 is 0 Å². The van der Waals surface area contributed by atoms with Crippen LogP contribution in [0.15, 0.2) is 0 Å². The fraction of sp³-hybridized carbons (Fsp3) is 1.00. The molecule has 1 spiro atoms. The lowest BCUT2D eigenvalue weighted by Gasteiger charge is -2.45. The lowest BCUT2D eigenvalue weighted by atomic mass is 9.85. The van der Waals surface area contributed by atoms with Crippen molar-refractivity contribution in [1.29, 1.82) is 0 Å². The second kappa shape index (κ2) is 6.15. The van der Waals surface area contributed by atoms with E-state index in [1.807, 2.05) is 0 Å². The first-order chi connectivity index (χ1) is 10.4. The molecule has 4 saturated heterocycles. The van der Waals surface area contributed by atoms with Crippen LogP contribution in [0.25, 0.3) is 0 Å². The van der Waals surface area contributed by atoms with Gasteiger partial charge >= 0.3 is 0 Å². The third-order valence-electron chi connectivity index (χ3n) is 6.27. The molecule has 0 amide bonds. The van der Waals surface area contributed by atoms with E-state index in [1.54, 1.807) is 0 Å². The Morgan fingerprint density at radius 2 is 1.95 bits per heavy atom. The molecule has 0 aromatic heterocycles. The molecule has 3 atom stereocenters. The third kappa shape index (κ3) is 2.88. The molecule has 3 unspecified atom stereocenters. The molecular formula is C17H30N2O2. The van der Waals surface area contributed by atoms with E-state index in [2.05, 4.69) is 10.2 Å². The standard InChI is InChI=1S/C17H30N2O2/c1-2-16(14-3-7-18-8-4-14)19(9-1)15-5-10-21-17(12-15)6-11-20-13-17/h14-16,18H,1-13H2. The summed E-state index contributed by atoms with van der Waals surface area (Å²) < 4.78 is 11.8. The molecule has 21 heavy (non-hydrogen) atoms. The van der Waals surface area contributed by atoms with Gasteiger partial charge in [-0.25, -0.2) is 0 Å². The first-order valence-corrected chi connectivity index (χ1v) is 9.05. The number of piperidine rings is 1. The molecule has 0 bridgehead atoms. The van der Waals surface area contributed by atoms with Gasteiger partial charge in [0.2, 0.25) is 0 Å². The molecule has 4 rings (SSSR count). The minimum absolute atomic E-state index is 0.0597. The predicted molar refractivity (Wildman–Crippen MR) is 82.5 cm³/mol. The highest BCUT2D eigenvalue weighted by Gasteiger charge is 2.45. The van der Waals surface area contributed by atoms with Crippen LogP contribution in [0.2, 0.25) is 0 Å². The van der Waals surface area contributed by atoms with Crippen LogP contribution in [0.5, 0.6) is 0 Å². The molecule has 4 aliphatic rings. The molecular weight excluding hydrogens is 264 g/mol. The summed E-state index contributed by atoms with van der Waals surface area (Å²) in [6.45, 7) is 6.42. The molecule has 120 valence electrons. The Bertz CT molecular complexity index is 351. The summed E-state index contributed by atoms with van der Waals surface area (Å²) in [5.74, 6) is 0.923. The van der Waals surface area contributed by atoms with E-state index in [-0.39, 0.29) is 5.60 Å². The van der Waals surface area contributed by atoms with E-state index in [9.17, 15) is 0 Å². The molecule has 0 aliphatic carbocycles. The highest BCUT2D eigenvalue weighted by Crippen LogP contribution is 2.39. The highest BCUT2D eigenvalue weighted by atomic mass is 16.6. The zero-order chi connectivity index (χ0) is 14.1. The Hall–Kier alpha value is -0.160. The maximum Gasteiger partial charge on any atom is 0.0951 e. The van der Waals surface area contributed by atoms with Crippen LogP contribution < -0.4 is 5.32 Å². The fourth-order valence-electron chi connectivity index (χ4n) is 5.15. The quantitative estimate of drug-likeness (QED) is 0.842. The molecule has 4 heteroatoms. The smallest absolute Gasteiger partial charge is 0.0951 e. The summed E-state index contributed by atoms with van der Waals surface area (Å²) in [5, 5.41) is 3.52. The first-order valence-electron chi connectivity index (χ1n) is 9.05. The number of rotatable bonds is 2. The van der Waals surface area contributed by atoms with Crippen LogP contribution in [0.4, 0.5) is 0 Å². The van der Waals surface area contributed by atoms with Gasteiger partial charge in [0.1, 0.15) is 0 Å². The lowest BCUT2D eigenvalue weighted by molar-refractivity contribution is -0.110. The lowest BCUT2D eigenvalue weighted by Crippen LogP contribution is -2.52. The summed E-state index contributed by atoms with van der Waals surface area (Å²) in [6, 6.07) is 1.58. The van der Waals surface area contributed by atoms with E-state index >= 15 is 0 Å². The second-order valence-electron chi connectivity index (χ2n) is 7.52. The highest BCUT2D eigenvalue weighted by molar-refractivity contribution is 4.98. The van der Waals surface area contributed by atoms with Crippen LogP contribution in [-0.2, 0) is 9.47 Å². The van der Waals surface area contributed by atoms with Gasteiger partial charge in [0.05, 0.1) is 12.2 Å². The molecule has 0 aromatic rings. The van der Waals surface area contributed by atoms with E-state index in [4.69, 9.17) is 9.47 Å². The van der Waals surface area contributed by atoms with E-state index < -0.39 is 0 Å². The Morgan fingerprint density at radius 3 is 2.76 bits per heavy atom. The topological polar surface area (TPSA) is 33.7 Å². The van der Waals surface area contributed by atoms with Crippen molar-refractivity contribution in [2.24, 2.45) is 5.92 Å². The average Bonchev–Trinajstić information content (AvgIpc) is 3.18. The van der Waals surface area contributed by atoms with Crippen molar-refractivity contribution in [3.63, 3.8) is 0 Å². The maximum atomic E-state index is 6.14. The molecule has 0 radical (unpaired) electrons. The van der Waals surface area contributed by atoms with Crippen LogP contribution in [-0.4, -0.2) is 62.0 Å². The normalized spacial score (nSPS) is 42.9. The van der Waals surface area contributed by atoms with Gasteiger partial charge < -0.3 is 14.8 Å². The minimum Gasteiger partial charge on any atom is -0.378 e. The number of likely N-dealkylation sites (tertiary alicyclic amines) is 1. The summed E-state index contributed by atoms with van der Waals surface area (Å²) in [4.78, 5) is 2.87. The van der Waals surface area contributed by atoms with Crippen molar-refractivity contribution in [3.05, 3.63) is 0 Å². The Balaban J connectivity index is 1.44. The van der Waals surface area contributed by atoms with Crippen LogP contribution in [0.1, 0.15) is 44.9 Å². The summed E-state index contributed by atoms with van der Waals surface area (Å²) in [6.07, 6.45) is 9.10. The largest absolute Gasteiger partial charge is 0.378 e. The zero-order valence-electron chi connectivity index (χ0n) is 13.2. The molecule has 4 heterocycles. The zero-order valence-corrected chi connectivity index (χ0v) is 13.2. The van der Waals surface area contributed by atoms with Crippen molar-refractivity contribution in [2.45, 2.75) is 62.6 Å². The SMILES string of the molecule is C1CC(C2CCNCC2)N(C2CCOC3(CCOC3)C2)C1. The maximum absolute atomic E-state index is 6.14. The van der Waals surface area contributed by atoms with Crippen molar-refractivity contribution < 1.29 is 9.47 Å². The van der Waals surface area contributed by atoms with E-state index in [0.29, 0.717) is 0 Å². The number of nitrogens with zero attached hydrogens (tertiary/aromatic N) is 1. The number of nitrogens with one attached hydrogen (secondary N) is 1. The Labute approximate surface area is 128 Å². The van der Waals surface area contributed by atoms with Crippen LogP contribution >= 0.6 is 0 Å². The van der Waals surface area contributed by atoms with Gasteiger partial charge in [0.25, 0.3) is 0 Å². The molecule has 0 saturated carbocycles. The Morgan fingerprint density at radius 1 is 1.05 bits per heavy atom.